The molecule has 0 bridgehead atoms. The Morgan fingerprint density at radius 1 is 1.28 bits per heavy atom. The zero-order valence-electron chi connectivity index (χ0n) is 19.5. The number of ketones is 1. The summed E-state index contributed by atoms with van der Waals surface area (Å²) < 4.78 is 16.7. The molecule has 0 unspecified atom stereocenters. The molecule has 2 aromatic rings. The van der Waals surface area contributed by atoms with Gasteiger partial charge in [-0.3, -0.25) is 9.59 Å². The first kappa shape index (κ1) is 24.4. The van der Waals surface area contributed by atoms with Gasteiger partial charge in [0.25, 0.3) is 0 Å². The van der Waals surface area contributed by atoms with E-state index >= 15 is 0 Å². The first-order valence-corrected chi connectivity index (χ1v) is 11.4. The van der Waals surface area contributed by atoms with Gasteiger partial charge in [-0.05, 0) is 50.0 Å². The quantitative estimate of drug-likeness (QED) is 0.639. The zero-order chi connectivity index (χ0) is 23.6. The van der Waals surface area contributed by atoms with E-state index in [4.69, 9.17) is 11.6 Å². The monoisotopic (exact) mass is 462 g/mol. The van der Waals surface area contributed by atoms with Crippen LogP contribution in [-0.2, 0) is 17.9 Å². The van der Waals surface area contributed by atoms with Gasteiger partial charge in [-0.15, -0.1) is 0 Å². The fourth-order valence-electron chi connectivity index (χ4n) is 4.34. The standard InChI is InChI=1S/C24H32ClFN4O2/c1-24(2,3)13-15(23(32)27-4)11-20(31)21-19-14-29(5)9-6-10-30(19)22(28-21)17-8-7-16(25)12-18(17)26/h7-8,12,15H,6,9-11,13-14H2,1-5H3,(H,27,32)/t15-/m0/s1. The first-order valence-electron chi connectivity index (χ1n) is 11.0. The molecule has 2 heterocycles. The number of hydrogen-bond acceptors (Lipinski definition) is 4. The Balaban J connectivity index is 2.04. The van der Waals surface area contributed by atoms with Crippen LogP contribution in [0.2, 0.25) is 5.02 Å². The van der Waals surface area contributed by atoms with Crippen molar-refractivity contribution in [2.45, 2.75) is 53.1 Å². The third kappa shape index (κ3) is 5.56. The molecule has 1 aliphatic heterocycles. The van der Waals surface area contributed by atoms with E-state index in [1.165, 1.54) is 6.07 Å². The number of aromatic nitrogens is 2. The lowest BCUT2D eigenvalue weighted by molar-refractivity contribution is -0.125. The third-order valence-electron chi connectivity index (χ3n) is 5.76. The van der Waals surface area contributed by atoms with Crippen LogP contribution >= 0.6 is 11.6 Å². The first-order chi connectivity index (χ1) is 15.0. The van der Waals surface area contributed by atoms with Gasteiger partial charge in [0.1, 0.15) is 17.3 Å². The summed E-state index contributed by atoms with van der Waals surface area (Å²) in [4.78, 5) is 32.7. The van der Waals surface area contributed by atoms with Crippen LogP contribution in [0.25, 0.3) is 11.4 Å². The van der Waals surface area contributed by atoms with E-state index in [1.54, 1.807) is 19.2 Å². The highest BCUT2D eigenvalue weighted by atomic mass is 35.5. The topological polar surface area (TPSA) is 67.2 Å². The van der Waals surface area contributed by atoms with E-state index in [9.17, 15) is 14.0 Å². The molecule has 1 N–H and O–H groups in total. The predicted octanol–water partition coefficient (Wildman–Crippen LogP) is 4.55. The van der Waals surface area contributed by atoms with E-state index in [-0.39, 0.29) is 23.5 Å². The number of hydrogen-bond donors (Lipinski definition) is 1. The molecule has 0 saturated heterocycles. The summed E-state index contributed by atoms with van der Waals surface area (Å²) in [5, 5.41) is 2.99. The van der Waals surface area contributed by atoms with Crippen molar-refractivity contribution in [1.82, 2.24) is 19.8 Å². The summed E-state index contributed by atoms with van der Waals surface area (Å²) in [5.74, 6) is -0.843. The van der Waals surface area contributed by atoms with Crippen molar-refractivity contribution in [2.75, 3.05) is 20.6 Å². The highest BCUT2D eigenvalue weighted by molar-refractivity contribution is 6.30. The summed E-state index contributed by atoms with van der Waals surface area (Å²) in [6.45, 7) is 8.18. The maximum absolute atomic E-state index is 14.8. The Hall–Kier alpha value is -2.25. The Morgan fingerprint density at radius 2 is 2.00 bits per heavy atom. The Bertz CT molecular complexity index is 1010. The SMILES string of the molecule is CNC(=O)[C@@H](CC(=O)c1nc(-c2ccc(Cl)cc2F)n2c1CN(C)CCC2)CC(C)(C)C. The minimum Gasteiger partial charge on any atom is -0.359 e. The Labute approximate surface area is 194 Å². The lowest BCUT2D eigenvalue weighted by Crippen LogP contribution is -2.32. The summed E-state index contributed by atoms with van der Waals surface area (Å²) in [6, 6.07) is 4.48. The zero-order valence-corrected chi connectivity index (χ0v) is 20.2. The molecule has 1 amide bonds. The largest absolute Gasteiger partial charge is 0.359 e. The van der Waals surface area contributed by atoms with Crippen molar-refractivity contribution in [1.29, 1.82) is 0 Å². The van der Waals surface area contributed by atoms with Gasteiger partial charge >= 0.3 is 0 Å². The van der Waals surface area contributed by atoms with Gasteiger partial charge in [0, 0.05) is 37.5 Å². The Morgan fingerprint density at radius 3 is 2.62 bits per heavy atom. The molecule has 8 heteroatoms. The number of benzene rings is 1. The molecule has 3 rings (SSSR count). The van der Waals surface area contributed by atoms with Gasteiger partial charge in [0.05, 0.1) is 11.3 Å². The molecule has 1 aliphatic rings. The number of halogens is 2. The number of nitrogens with zero attached hydrogens (tertiary/aromatic N) is 3. The molecule has 6 nitrogen and oxygen atoms in total. The highest BCUT2D eigenvalue weighted by Crippen LogP contribution is 2.32. The third-order valence-corrected chi connectivity index (χ3v) is 5.99. The number of carbonyl (C=O) groups excluding carboxylic acids is 2. The van der Waals surface area contributed by atoms with Crippen molar-refractivity contribution in [3.63, 3.8) is 0 Å². The number of nitrogens with one attached hydrogen (secondary N) is 1. The maximum atomic E-state index is 14.8. The summed E-state index contributed by atoms with van der Waals surface area (Å²) >= 11 is 5.94. The lowest BCUT2D eigenvalue weighted by atomic mass is 9.81. The van der Waals surface area contributed by atoms with Crippen LogP contribution in [0.4, 0.5) is 4.39 Å². The van der Waals surface area contributed by atoms with Crippen LogP contribution in [0, 0.1) is 17.2 Å². The number of amides is 1. The van der Waals surface area contributed by atoms with Gasteiger partial charge in [-0.25, -0.2) is 9.37 Å². The van der Waals surface area contributed by atoms with Crippen molar-refractivity contribution in [2.24, 2.45) is 11.3 Å². The fourth-order valence-corrected chi connectivity index (χ4v) is 4.50. The summed E-state index contributed by atoms with van der Waals surface area (Å²) in [6.07, 6.45) is 1.50. The van der Waals surface area contributed by atoms with Crippen LogP contribution in [0.1, 0.15) is 56.2 Å². The van der Waals surface area contributed by atoms with Gasteiger partial charge in [-0.1, -0.05) is 32.4 Å². The van der Waals surface area contributed by atoms with E-state index in [2.05, 4.69) is 15.2 Å². The molecule has 0 aliphatic carbocycles. The normalized spacial score (nSPS) is 15.7. The van der Waals surface area contributed by atoms with E-state index in [1.807, 2.05) is 32.4 Å². The van der Waals surface area contributed by atoms with Crippen molar-refractivity contribution in [3.05, 3.63) is 40.4 Å². The molecule has 1 atom stereocenters. The number of carbonyl (C=O) groups is 2. The molecular weight excluding hydrogens is 431 g/mol. The molecule has 0 spiro atoms. The number of imidazole rings is 1. The van der Waals surface area contributed by atoms with Gasteiger partial charge in [0.15, 0.2) is 5.78 Å². The number of rotatable bonds is 6. The number of Topliss-reactive ketones (excluding diaryl/α,β-unsaturated/α-hetero) is 1. The molecule has 0 fully saturated rings. The van der Waals surface area contributed by atoms with E-state index < -0.39 is 11.7 Å². The molecule has 1 aromatic heterocycles. The lowest BCUT2D eigenvalue weighted by Gasteiger charge is -2.24. The van der Waals surface area contributed by atoms with Crippen LogP contribution in [0.15, 0.2) is 18.2 Å². The van der Waals surface area contributed by atoms with Crippen molar-refractivity contribution in [3.8, 4) is 11.4 Å². The molecule has 1 aromatic carbocycles. The highest BCUT2D eigenvalue weighted by Gasteiger charge is 2.31. The number of fused-ring (bicyclic) bond motifs is 1. The van der Waals surface area contributed by atoms with Crippen molar-refractivity contribution < 1.29 is 14.0 Å². The van der Waals surface area contributed by atoms with E-state index in [0.29, 0.717) is 41.6 Å². The Kier molecular flexibility index (Phi) is 7.40. The molecule has 0 saturated carbocycles. The molecule has 0 radical (unpaired) electrons. The molecular formula is C24H32ClFN4O2. The smallest absolute Gasteiger partial charge is 0.223 e. The summed E-state index contributed by atoms with van der Waals surface area (Å²) in [7, 11) is 3.58. The minimum absolute atomic E-state index is 0.0627. The molecule has 32 heavy (non-hydrogen) atoms. The van der Waals surface area contributed by atoms with Crippen LogP contribution in [-0.4, -0.2) is 46.8 Å². The fraction of sp³-hybridized carbons (Fsp3) is 0.542. The summed E-state index contributed by atoms with van der Waals surface area (Å²) in [5.41, 5.74) is 1.30. The van der Waals surface area contributed by atoms with Gasteiger partial charge in [0.2, 0.25) is 5.91 Å². The second-order valence-corrected chi connectivity index (χ2v) is 10.2. The van der Waals surface area contributed by atoms with Crippen molar-refractivity contribution >= 4 is 23.3 Å². The average Bonchev–Trinajstić information content (AvgIpc) is 2.92. The van der Waals surface area contributed by atoms with Crippen LogP contribution in [0.5, 0.6) is 0 Å². The second-order valence-electron chi connectivity index (χ2n) is 9.80. The predicted molar refractivity (Wildman–Crippen MR) is 124 cm³/mol. The second kappa shape index (κ2) is 9.71. The van der Waals surface area contributed by atoms with Crippen LogP contribution in [0.3, 0.4) is 0 Å². The van der Waals surface area contributed by atoms with E-state index in [0.717, 1.165) is 18.7 Å². The van der Waals surface area contributed by atoms with Gasteiger partial charge in [-0.2, -0.15) is 0 Å². The molecule has 174 valence electrons. The van der Waals surface area contributed by atoms with Crippen LogP contribution < -0.4 is 5.32 Å². The van der Waals surface area contributed by atoms with Gasteiger partial charge < -0.3 is 14.8 Å². The minimum atomic E-state index is -0.474. The maximum Gasteiger partial charge on any atom is 0.223 e. The average molecular weight is 463 g/mol.